The maximum Gasteiger partial charge on any atom is 0.266 e. The van der Waals surface area contributed by atoms with Gasteiger partial charge in [0, 0.05) is 5.56 Å². The van der Waals surface area contributed by atoms with Crippen LogP contribution in [0.25, 0.3) is 39.0 Å². The van der Waals surface area contributed by atoms with Gasteiger partial charge in [0.05, 0.1) is 27.6 Å². The lowest BCUT2D eigenvalue weighted by Gasteiger charge is -2.15. The first-order chi connectivity index (χ1) is 15.6. The Hall–Kier alpha value is -3.77. The minimum absolute atomic E-state index is 0.109. The van der Waals surface area contributed by atoms with Crippen LogP contribution in [0.3, 0.4) is 0 Å². The van der Waals surface area contributed by atoms with Crippen LogP contribution in [0.4, 0.5) is 0 Å². The first-order valence-electron chi connectivity index (χ1n) is 10.8. The van der Waals surface area contributed by atoms with Crippen molar-refractivity contribution < 1.29 is 5.11 Å². The normalized spacial score (nSPS) is 12.5. The number of imidazole rings is 1. The largest absolute Gasteiger partial charge is 0.388 e. The Bertz CT molecular complexity index is 1480. The van der Waals surface area contributed by atoms with Crippen molar-refractivity contribution in [2.45, 2.75) is 32.8 Å². The number of aliphatic hydroxyl groups excluding tert-OH is 1. The van der Waals surface area contributed by atoms with Gasteiger partial charge in [-0.1, -0.05) is 38.1 Å². The highest BCUT2D eigenvalue weighted by Crippen LogP contribution is 2.26. The van der Waals surface area contributed by atoms with Crippen molar-refractivity contribution in [3.05, 3.63) is 88.5 Å². The summed E-state index contributed by atoms with van der Waals surface area (Å²) >= 11 is 0. The second-order valence-corrected chi connectivity index (χ2v) is 8.07. The fraction of sp³-hybridized carbons (Fsp3) is 0.192. The van der Waals surface area contributed by atoms with Gasteiger partial charge < -0.3 is 10.1 Å². The highest BCUT2D eigenvalue weighted by atomic mass is 16.3. The van der Waals surface area contributed by atoms with Crippen LogP contribution in [-0.2, 0) is 6.61 Å². The van der Waals surface area contributed by atoms with Gasteiger partial charge in [-0.3, -0.25) is 9.36 Å². The number of fused-ring (bicyclic) bond motifs is 2. The average Bonchev–Trinajstić information content (AvgIpc) is 3.26. The summed E-state index contributed by atoms with van der Waals surface area (Å²) < 4.78 is 1.67. The molecule has 0 spiro atoms. The van der Waals surface area contributed by atoms with E-state index in [1.807, 2.05) is 54.6 Å². The SMILES string of the molecule is CCC(C)c1ccc(-n2c(-c3ccc4nc(CO)[nH]c4c3)nc3ccccc3c2=O)cc1. The predicted octanol–water partition coefficient (Wildman–Crippen LogP) is 4.93. The number of hydrogen-bond acceptors (Lipinski definition) is 4. The van der Waals surface area contributed by atoms with Gasteiger partial charge in [-0.15, -0.1) is 0 Å². The molecule has 1 unspecified atom stereocenters. The molecule has 2 aromatic heterocycles. The lowest BCUT2D eigenvalue weighted by molar-refractivity contribution is 0.273. The van der Waals surface area contributed by atoms with Crippen LogP contribution in [0, 0.1) is 0 Å². The number of para-hydroxylation sites is 1. The number of H-pyrrole nitrogens is 1. The first kappa shape index (κ1) is 20.2. The smallest absolute Gasteiger partial charge is 0.266 e. The summed E-state index contributed by atoms with van der Waals surface area (Å²) in [6, 6.07) is 21.2. The summed E-state index contributed by atoms with van der Waals surface area (Å²) in [6.45, 7) is 4.21. The molecule has 6 heteroatoms. The number of hydrogen-bond donors (Lipinski definition) is 2. The summed E-state index contributed by atoms with van der Waals surface area (Å²) in [5, 5.41) is 9.98. The number of nitrogens with zero attached hydrogens (tertiary/aromatic N) is 3. The van der Waals surface area contributed by atoms with E-state index < -0.39 is 0 Å². The van der Waals surface area contributed by atoms with E-state index in [1.165, 1.54) is 5.56 Å². The molecule has 0 saturated carbocycles. The minimum Gasteiger partial charge on any atom is -0.388 e. The van der Waals surface area contributed by atoms with Gasteiger partial charge in [0.1, 0.15) is 18.3 Å². The van der Waals surface area contributed by atoms with Gasteiger partial charge in [0.2, 0.25) is 0 Å². The van der Waals surface area contributed by atoms with E-state index >= 15 is 0 Å². The number of aliphatic hydroxyl groups is 1. The third-order valence-electron chi connectivity index (χ3n) is 6.05. The van der Waals surface area contributed by atoms with Crippen LogP contribution < -0.4 is 5.56 Å². The second kappa shape index (κ2) is 8.05. The van der Waals surface area contributed by atoms with E-state index in [0.717, 1.165) is 28.7 Å². The summed E-state index contributed by atoms with van der Waals surface area (Å²) in [5.74, 6) is 1.52. The first-order valence-corrected chi connectivity index (χ1v) is 10.8. The summed E-state index contributed by atoms with van der Waals surface area (Å²) in [5.41, 5.74) is 4.90. The molecule has 5 rings (SSSR count). The summed E-state index contributed by atoms with van der Waals surface area (Å²) in [7, 11) is 0. The van der Waals surface area contributed by atoms with E-state index in [-0.39, 0.29) is 12.2 Å². The maximum atomic E-state index is 13.6. The molecule has 2 heterocycles. The zero-order valence-electron chi connectivity index (χ0n) is 18.0. The molecule has 6 nitrogen and oxygen atoms in total. The van der Waals surface area contributed by atoms with Gasteiger partial charge in [0.15, 0.2) is 0 Å². The van der Waals surface area contributed by atoms with E-state index in [0.29, 0.717) is 28.5 Å². The van der Waals surface area contributed by atoms with Crippen LogP contribution in [0.2, 0.25) is 0 Å². The van der Waals surface area contributed by atoms with Crippen LogP contribution in [0.15, 0.2) is 71.5 Å². The number of benzene rings is 3. The molecule has 0 aliphatic heterocycles. The average molecular weight is 425 g/mol. The molecular formula is C26H24N4O2. The van der Waals surface area contributed by atoms with E-state index in [4.69, 9.17) is 4.98 Å². The molecule has 0 aliphatic rings. The molecule has 0 aliphatic carbocycles. The number of nitrogens with one attached hydrogen (secondary N) is 1. The van der Waals surface area contributed by atoms with Crippen molar-refractivity contribution in [1.29, 1.82) is 0 Å². The Balaban J connectivity index is 1.75. The van der Waals surface area contributed by atoms with Crippen molar-refractivity contribution in [2.75, 3.05) is 0 Å². The standard InChI is InChI=1S/C26H24N4O2/c1-3-16(2)17-8-11-19(12-9-17)30-25(29-21-7-5-4-6-20(21)26(30)32)18-10-13-22-23(14-18)28-24(15-31)27-22/h4-14,16,31H,3,15H2,1-2H3,(H,27,28). The maximum absolute atomic E-state index is 13.6. The van der Waals surface area contributed by atoms with Gasteiger partial charge >= 0.3 is 0 Å². The van der Waals surface area contributed by atoms with E-state index in [2.05, 4.69) is 35.9 Å². The van der Waals surface area contributed by atoms with Gasteiger partial charge in [-0.25, -0.2) is 9.97 Å². The lowest BCUT2D eigenvalue weighted by atomic mass is 9.98. The Labute approximate surface area is 185 Å². The van der Waals surface area contributed by atoms with Crippen LogP contribution in [0.1, 0.15) is 37.6 Å². The van der Waals surface area contributed by atoms with Crippen molar-refractivity contribution in [1.82, 2.24) is 19.5 Å². The zero-order valence-corrected chi connectivity index (χ0v) is 18.0. The van der Waals surface area contributed by atoms with Crippen LogP contribution in [-0.4, -0.2) is 24.6 Å². The molecule has 1 atom stereocenters. The highest BCUT2D eigenvalue weighted by Gasteiger charge is 2.16. The number of aromatic amines is 1. The third kappa shape index (κ3) is 3.39. The van der Waals surface area contributed by atoms with E-state index in [9.17, 15) is 9.90 Å². The van der Waals surface area contributed by atoms with Crippen molar-refractivity contribution in [3.63, 3.8) is 0 Å². The molecule has 0 amide bonds. The quantitative estimate of drug-likeness (QED) is 0.419. The van der Waals surface area contributed by atoms with Gasteiger partial charge in [-0.2, -0.15) is 0 Å². The number of rotatable bonds is 5. The molecule has 0 fully saturated rings. The second-order valence-electron chi connectivity index (χ2n) is 8.07. The molecule has 2 N–H and O–H groups in total. The predicted molar refractivity (Wildman–Crippen MR) is 127 cm³/mol. The minimum atomic E-state index is -0.161. The molecule has 5 aromatic rings. The molecule has 0 bridgehead atoms. The number of aromatic nitrogens is 4. The van der Waals surface area contributed by atoms with Crippen molar-refractivity contribution >= 4 is 21.9 Å². The van der Waals surface area contributed by atoms with Crippen molar-refractivity contribution in [3.8, 4) is 17.1 Å². The fourth-order valence-electron chi connectivity index (χ4n) is 4.03. The van der Waals surface area contributed by atoms with Crippen LogP contribution >= 0.6 is 0 Å². The third-order valence-corrected chi connectivity index (χ3v) is 6.05. The molecule has 3 aromatic carbocycles. The monoisotopic (exact) mass is 424 g/mol. The Morgan fingerprint density at radius 3 is 2.53 bits per heavy atom. The van der Waals surface area contributed by atoms with Crippen LogP contribution in [0.5, 0.6) is 0 Å². The topological polar surface area (TPSA) is 83.8 Å². The zero-order chi connectivity index (χ0) is 22.2. The molecule has 0 radical (unpaired) electrons. The molecular weight excluding hydrogens is 400 g/mol. The fourth-order valence-corrected chi connectivity index (χ4v) is 4.03. The lowest BCUT2D eigenvalue weighted by Crippen LogP contribution is -2.22. The molecule has 0 saturated heterocycles. The summed E-state index contributed by atoms with van der Waals surface area (Å²) in [4.78, 5) is 25.9. The molecule has 160 valence electrons. The Morgan fingerprint density at radius 2 is 1.78 bits per heavy atom. The highest BCUT2D eigenvalue weighted by molar-refractivity contribution is 5.84. The van der Waals surface area contributed by atoms with E-state index in [1.54, 1.807) is 4.57 Å². The van der Waals surface area contributed by atoms with Gasteiger partial charge in [0.25, 0.3) is 5.56 Å². The van der Waals surface area contributed by atoms with Gasteiger partial charge in [-0.05, 0) is 60.4 Å². The Morgan fingerprint density at radius 1 is 1.00 bits per heavy atom. The molecule has 32 heavy (non-hydrogen) atoms. The van der Waals surface area contributed by atoms with Crippen molar-refractivity contribution in [2.24, 2.45) is 0 Å². The summed E-state index contributed by atoms with van der Waals surface area (Å²) in [6.07, 6.45) is 1.06. The Kier molecular flexibility index (Phi) is 5.07.